The molecule has 1 aromatic carbocycles. The number of rotatable bonds is 6. The van der Waals surface area contributed by atoms with Crippen molar-refractivity contribution in [3.05, 3.63) is 35.4 Å². The summed E-state index contributed by atoms with van der Waals surface area (Å²) in [6, 6.07) is 3.18. The smallest absolute Gasteiger partial charge is 0.126 e. The van der Waals surface area contributed by atoms with Crippen LogP contribution in [-0.2, 0) is 0 Å². The topological polar surface area (TPSA) is 32.5 Å². The van der Waals surface area contributed by atoms with Crippen molar-refractivity contribution in [1.82, 2.24) is 9.80 Å². The summed E-state index contributed by atoms with van der Waals surface area (Å²) < 4.78 is 26.4. The Hall–Kier alpha value is -1.04. The molecule has 3 nitrogen and oxygen atoms in total. The number of nitrogens with two attached hydrogens (primary N) is 1. The number of likely N-dealkylation sites (tertiary alicyclic amines) is 1. The molecule has 0 aromatic heterocycles. The lowest BCUT2D eigenvalue weighted by Gasteiger charge is -2.22. The predicted octanol–water partition coefficient (Wildman–Crippen LogP) is 2.24. The van der Waals surface area contributed by atoms with Crippen LogP contribution < -0.4 is 5.73 Å². The van der Waals surface area contributed by atoms with E-state index in [1.165, 1.54) is 25.1 Å². The van der Waals surface area contributed by atoms with E-state index in [1.54, 1.807) is 0 Å². The molecule has 1 aliphatic rings. The van der Waals surface area contributed by atoms with Gasteiger partial charge in [-0.1, -0.05) is 0 Å². The third-order valence-electron chi connectivity index (χ3n) is 4.19. The molecule has 1 aliphatic heterocycles. The molecule has 2 unspecified atom stereocenters. The Kier molecular flexibility index (Phi) is 5.67. The lowest BCUT2D eigenvalue weighted by atomic mass is 10.0. The molecule has 21 heavy (non-hydrogen) atoms. The summed E-state index contributed by atoms with van der Waals surface area (Å²) >= 11 is 0. The largest absolute Gasteiger partial charge is 0.324 e. The lowest BCUT2D eigenvalue weighted by Crippen LogP contribution is -2.30. The molecule has 2 atom stereocenters. The first kappa shape index (κ1) is 16.3. The van der Waals surface area contributed by atoms with E-state index in [-0.39, 0.29) is 6.04 Å². The van der Waals surface area contributed by atoms with Crippen molar-refractivity contribution in [2.45, 2.75) is 18.9 Å². The molecule has 118 valence electrons. The summed E-state index contributed by atoms with van der Waals surface area (Å²) in [5.41, 5.74) is 6.57. The standard InChI is InChI=1S/C16H25F2N3/c1-20-5-3-12(10-20)11-21(2)6-4-16(19)13-7-14(17)9-15(18)8-13/h7-9,12,16H,3-6,10-11,19H2,1-2H3. The van der Waals surface area contributed by atoms with Crippen LogP contribution in [0.25, 0.3) is 0 Å². The van der Waals surface area contributed by atoms with Gasteiger partial charge < -0.3 is 15.5 Å². The van der Waals surface area contributed by atoms with Gasteiger partial charge in [-0.2, -0.15) is 0 Å². The summed E-state index contributed by atoms with van der Waals surface area (Å²) in [6.45, 7) is 4.19. The van der Waals surface area contributed by atoms with Gasteiger partial charge in [-0.3, -0.25) is 0 Å². The molecule has 0 amide bonds. The van der Waals surface area contributed by atoms with Crippen molar-refractivity contribution in [3.63, 3.8) is 0 Å². The molecule has 5 heteroatoms. The van der Waals surface area contributed by atoms with Crippen LogP contribution >= 0.6 is 0 Å². The van der Waals surface area contributed by atoms with Gasteiger partial charge in [-0.15, -0.1) is 0 Å². The van der Waals surface area contributed by atoms with Gasteiger partial charge in [0, 0.05) is 25.2 Å². The highest BCUT2D eigenvalue weighted by Crippen LogP contribution is 2.19. The van der Waals surface area contributed by atoms with Crippen molar-refractivity contribution in [3.8, 4) is 0 Å². The van der Waals surface area contributed by atoms with Crippen LogP contribution in [0.3, 0.4) is 0 Å². The van der Waals surface area contributed by atoms with Gasteiger partial charge in [-0.25, -0.2) is 8.78 Å². The Morgan fingerprint density at radius 2 is 2.00 bits per heavy atom. The van der Waals surface area contributed by atoms with Crippen molar-refractivity contribution in [1.29, 1.82) is 0 Å². The van der Waals surface area contributed by atoms with Crippen LogP contribution in [0.2, 0.25) is 0 Å². The molecule has 0 saturated carbocycles. The van der Waals surface area contributed by atoms with Gasteiger partial charge in [0.25, 0.3) is 0 Å². The summed E-state index contributed by atoms with van der Waals surface area (Å²) in [4.78, 5) is 4.61. The second-order valence-corrected chi connectivity index (χ2v) is 6.28. The number of hydrogen-bond donors (Lipinski definition) is 1. The lowest BCUT2D eigenvalue weighted by molar-refractivity contribution is 0.265. The van der Waals surface area contributed by atoms with Crippen LogP contribution in [0.5, 0.6) is 0 Å². The van der Waals surface area contributed by atoms with Crippen molar-refractivity contribution >= 4 is 0 Å². The van der Waals surface area contributed by atoms with Gasteiger partial charge in [0.2, 0.25) is 0 Å². The minimum absolute atomic E-state index is 0.330. The second kappa shape index (κ2) is 7.29. The van der Waals surface area contributed by atoms with Crippen LogP contribution in [-0.4, -0.2) is 50.1 Å². The SMILES string of the molecule is CN1CCC(CN(C)CCC(N)c2cc(F)cc(F)c2)C1. The van der Waals surface area contributed by atoms with Gasteiger partial charge in [-0.05, 0) is 63.6 Å². The van der Waals surface area contributed by atoms with Crippen LogP contribution in [0, 0.1) is 17.6 Å². The molecule has 2 rings (SSSR count). The first-order chi connectivity index (χ1) is 9.94. The number of halogens is 2. The average molecular weight is 297 g/mol. The molecule has 0 radical (unpaired) electrons. The fraction of sp³-hybridized carbons (Fsp3) is 0.625. The van der Waals surface area contributed by atoms with Crippen LogP contribution in [0.15, 0.2) is 18.2 Å². The number of benzene rings is 1. The molecule has 1 aromatic rings. The molecule has 1 heterocycles. The van der Waals surface area contributed by atoms with E-state index in [1.807, 2.05) is 0 Å². The van der Waals surface area contributed by atoms with E-state index in [4.69, 9.17) is 5.73 Å². The Labute approximate surface area is 125 Å². The highest BCUT2D eigenvalue weighted by Gasteiger charge is 2.20. The summed E-state index contributed by atoms with van der Waals surface area (Å²) in [5.74, 6) is -0.423. The second-order valence-electron chi connectivity index (χ2n) is 6.28. The van der Waals surface area contributed by atoms with Gasteiger partial charge in [0.05, 0.1) is 0 Å². The fourth-order valence-corrected chi connectivity index (χ4v) is 3.02. The molecule has 0 aliphatic carbocycles. The maximum Gasteiger partial charge on any atom is 0.126 e. The number of hydrogen-bond acceptors (Lipinski definition) is 3. The Morgan fingerprint density at radius 1 is 1.33 bits per heavy atom. The zero-order valence-electron chi connectivity index (χ0n) is 12.9. The highest BCUT2D eigenvalue weighted by molar-refractivity contribution is 5.21. The summed E-state index contributed by atoms with van der Waals surface area (Å²) in [6.07, 6.45) is 1.93. The molecule has 1 saturated heterocycles. The maximum absolute atomic E-state index is 13.2. The minimum Gasteiger partial charge on any atom is -0.324 e. The first-order valence-electron chi connectivity index (χ1n) is 7.52. The normalized spacial score (nSPS) is 21.1. The van der Waals surface area contributed by atoms with Crippen molar-refractivity contribution in [2.24, 2.45) is 11.7 Å². The number of nitrogens with zero attached hydrogens (tertiary/aromatic N) is 2. The van der Waals surface area contributed by atoms with Crippen LogP contribution in [0.1, 0.15) is 24.4 Å². The summed E-state index contributed by atoms with van der Waals surface area (Å²) in [5, 5.41) is 0. The van der Waals surface area contributed by atoms with E-state index in [0.717, 1.165) is 25.7 Å². The fourth-order valence-electron chi connectivity index (χ4n) is 3.02. The first-order valence-corrected chi connectivity index (χ1v) is 7.52. The van der Waals surface area contributed by atoms with Crippen LogP contribution in [0.4, 0.5) is 8.78 Å². The molecule has 1 fully saturated rings. The highest BCUT2D eigenvalue weighted by atomic mass is 19.1. The molecule has 0 bridgehead atoms. The third-order valence-corrected chi connectivity index (χ3v) is 4.19. The monoisotopic (exact) mass is 297 g/mol. The van der Waals surface area contributed by atoms with E-state index in [2.05, 4.69) is 23.9 Å². The minimum atomic E-state index is -0.567. The van der Waals surface area contributed by atoms with Crippen molar-refractivity contribution < 1.29 is 8.78 Å². The van der Waals surface area contributed by atoms with E-state index < -0.39 is 11.6 Å². The molecule has 0 spiro atoms. The average Bonchev–Trinajstić information content (AvgIpc) is 2.80. The van der Waals surface area contributed by atoms with Gasteiger partial charge in [0.15, 0.2) is 0 Å². The predicted molar refractivity (Wildman–Crippen MR) is 81.0 cm³/mol. The van der Waals surface area contributed by atoms with Gasteiger partial charge in [0.1, 0.15) is 11.6 Å². The molecular formula is C16H25F2N3. The van der Waals surface area contributed by atoms with E-state index in [0.29, 0.717) is 17.9 Å². The van der Waals surface area contributed by atoms with E-state index >= 15 is 0 Å². The Morgan fingerprint density at radius 3 is 2.57 bits per heavy atom. The quantitative estimate of drug-likeness (QED) is 0.874. The summed E-state index contributed by atoms with van der Waals surface area (Å²) in [7, 11) is 4.23. The van der Waals surface area contributed by atoms with Gasteiger partial charge >= 0.3 is 0 Å². The Bertz CT molecular complexity index is 447. The van der Waals surface area contributed by atoms with Crippen molar-refractivity contribution in [2.75, 3.05) is 40.3 Å². The third kappa shape index (κ3) is 5.02. The maximum atomic E-state index is 13.2. The molecule has 2 N–H and O–H groups in total. The van der Waals surface area contributed by atoms with E-state index in [9.17, 15) is 8.78 Å². The Balaban J connectivity index is 1.78. The zero-order chi connectivity index (χ0) is 15.4. The molecular weight excluding hydrogens is 272 g/mol. The zero-order valence-corrected chi connectivity index (χ0v) is 12.9.